The first-order valence-electron chi connectivity index (χ1n) is 13.7. The number of rotatable bonds is 8. The first-order chi connectivity index (χ1) is 18.7. The summed E-state index contributed by atoms with van der Waals surface area (Å²) in [5, 5.41) is 3.53. The van der Waals surface area contributed by atoms with Crippen LogP contribution in [0.15, 0.2) is 76.9 Å². The number of benzene rings is 2. The molecule has 0 aliphatic heterocycles. The third kappa shape index (κ3) is 7.25. The minimum Gasteiger partial charge on any atom is -0.382 e. The van der Waals surface area contributed by atoms with E-state index in [1.807, 2.05) is 60.3 Å². The molecule has 0 unspecified atom stereocenters. The molecular formula is C32H42N6O. The van der Waals surface area contributed by atoms with Gasteiger partial charge in [-0.3, -0.25) is 9.55 Å². The third-order valence-electron chi connectivity index (χ3n) is 6.68. The van der Waals surface area contributed by atoms with Crippen LogP contribution < -0.4 is 17.3 Å². The number of pyridine rings is 1. The smallest absolute Gasteiger partial charge is 0.330 e. The van der Waals surface area contributed by atoms with Crippen LogP contribution in [0.5, 0.6) is 0 Å². The third-order valence-corrected chi connectivity index (χ3v) is 6.68. The summed E-state index contributed by atoms with van der Waals surface area (Å²) in [7, 11) is 0. The van der Waals surface area contributed by atoms with E-state index in [4.69, 9.17) is 11.6 Å². The van der Waals surface area contributed by atoms with Crippen molar-refractivity contribution in [3.63, 3.8) is 0 Å². The lowest BCUT2D eigenvalue weighted by molar-refractivity contribution is 0.779. The quantitative estimate of drug-likeness (QED) is 0.107. The summed E-state index contributed by atoms with van der Waals surface area (Å²) in [6, 6.07) is 18.0. The number of hydrogen-bond acceptors (Lipinski definition) is 4. The number of amidine groups is 1. The Labute approximate surface area is 232 Å². The van der Waals surface area contributed by atoms with Crippen LogP contribution in [0.2, 0.25) is 0 Å². The van der Waals surface area contributed by atoms with Crippen LogP contribution in [0.3, 0.4) is 0 Å². The van der Waals surface area contributed by atoms with Crippen molar-refractivity contribution >= 4 is 5.84 Å². The Hall–Kier alpha value is -4.13. The van der Waals surface area contributed by atoms with Crippen molar-refractivity contribution in [3.05, 3.63) is 105 Å². The molecule has 0 saturated heterocycles. The molecule has 0 radical (unpaired) electrons. The van der Waals surface area contributed by atoms with Crippen molar-refractivity contribution in [3.8, 4) is 16.9 Å². The summed E-state index contributed by atoms with van der Waals surface area (Å²) in [4.78, 5) is 19.9. The maximum atomic E-state index is 12.5. The predicted molar refractivity (Wildman–Crippen MR) is 163 cm³/mol. The van der Waals surface area contributed by atoms with Crippen molar-refractivity contribution in [2.75, 3.05) is 0 Å². The minimum atomic E-state index is -0.0268. The van der Waals surface area contributed by atoms with Gasteiger partial charge in [-0.25, -0.2) is 4.79 Å². The fourth-order valence-corrected chi connectivity index (χ4v) is 4.52. The Morgan fingerprint density at radius 3 is 2.23 bits per heavy atom. The molecule has 2 aromatic carbocycles. The van der Waals surface area contributed by atoms with E-state index in [-0.39, 0.29) is 5.69 Å². The van der Waals surface area contributed by atoms with Crippen LogP contribution in [-0.2, 0) is 6.42 Å². The molecule has 206 valence electrons. The molecule has 0 aliphatic rings. The Bertz CT molecular complexity index is 1420. The summed E-state index contributed by atoms with van der Waals surface area (Å²) in [6.07, 6.45) is 6.97. The summed E-state index contributed by atoms with van der Waals surface area (Å²) < 4.78 is 1.82. The maximum Gasteiger partial charge on any atom is 0.330 e. The van der Waals surface area contributed by atoms with Crippen molar-refractivity contribution in [2.24, 2.45) is 16.7 Å². The molecular weight excluding hydrogens is 484 g/mol. The molecule has 0 bridgehead atoms. The molecule has 7 heteroatoms. The lowest BCUT2D eigenvalue weighted by Gasteiger charge is -2.19. The molecule has 39 heavy (non-hydrogen) atoms. The van der Waals surface area contributed by atoms with Gasteiger partial charge in [-0.2, -0.15) is 5.10 Å². The molecule has 0 fully saturated rings. The van der Waals surface area contributed by atoms with Crippen molar-refractivity contribution in [1.29, 1.82) is 0 Å². The van der Waals surface area contributed by atoms with Gasteiger partial charge in [0.05, 0.1) is 11.4 Å². The Morgan fingerprint density at radius 1 is 1.00 bits per heavy atom. The fraction of sp³-hybridized carbons (Fsp3) is 0.344. The number of aryl methyl sites for hydroxylation is 2. The topological polar surface area (TPSA) is 115 Å². The van der Waals surface area contributed by atoms with Crippen molar-refractivity contribution in [2.45, 2.75) is 72.6 Å². The highest BCUT2D eigenvalue weighted by molar-refractivity contribution is 6.02. The second kappa shape index (κ2) is 13.6. The summed E-state index contributed by atoms with van der Waals surface area (Å²) >= 11 is 0. The highest BCUT2D eigenvalue weighted by Gasteiger charge is 2.17. The summed E-state index contributed by atoms with van der Waals surface area (Å²) in [5.41, 5.74) is 14.0. The molecule has 0 amide bonds. The van der Waals surface area contributed by atoms with E-state index in [1.54, 1.807) is 0 Å². The minimum absolute atomic E-state index is 0.0268. The molecule has 0 spiro atoms. The van der Waals surface area contributed by atoms with Crippen LogP contribution in [-0.4, -0.2) is 20.4 Å². The molecule has 0 atom stereocenters. The second-order valence-electron chi connectivity index (χ2n) is 10.4. The standard InChI is InChI=1S/C19H28N2O.C13H14N4/c1-6-7-9-15-12-21(19(22)20-15)18-16(13(2)3)10-8-11-17(18)14(4)5;1-9-6-7-12(16-8-9)10-4-2-3-5-11(10)13(14)17-15/h8,10-14H,6-7,9H2,1-5H3,(H,20,22);2-8H,15H2,1H3,(H2,14,17). The highest BCUT2D eigenvalue weighted by Crippen LogP contribution is 2.30. The van der Waals surface area contributed by atoms with Gasteiger partial charge in [-0.1, -0.05) is 89.6 Å². The lowest BCUT2D eigenvalue weighted by atomic mass is 9.92. The van der Waals surface area contributed by atoms with Crippen molar-refractivity contribution in [1.82, 2.24) is 14.5 Å². The zero-order valence-electron chi connectivity index (χ0n) is 24.0. The summed E-state index contributed by atoms with van der Waals surface area (Å²) in [6.45, 7) is 12.9. The van der Waals surface area contributed by atoms with E-state index >= 15 is 0 Å². The van der Waals surface area contributed by atoms with Gasteiger partial charge in [-0.15, -0.1) is 0 Å². The number of nitrogens with zero attached hydrogens (tertiary/aromatic N) is 3. The number of nitrogens with one attached hydrogen (secondary N) is 1. The number of hydrogen-bond donors (Lipinski definition) is 3. The van der Waals surface area contributed by atoms with E-state index in [0.29, 0.717) is 17.7 Å². The van der Waals surface area contributed by atoms with Gasteiger partial charge in [0.15, 0.2) is 5.84 Å². The van der Waals surface area contributed by atoms with Gasteiger partial charge >= 0.3 is 5.69 Å². The lowest BCUT2D eigenvalue weighted by Crippen LogP contribution is -2.18. The maximum absolute atomic E-state index is 12.5. The number of aromatic amines is 1. The average molecular weight is 527 g/mol. The second-order valence-corrected chi connectivity index (χ2v) is 10.4. The van der Waals surface area contributed by atoms with Crippen LogP contribution in [0.25, 0.3) is 16.9 Å². The van der Waals surface area contributed by atoms with Gasteiger partial charge in [0.2, 0.25) is 0 Å². The first kappa shape index (κ1) is 29.4. The largest absolute Gasteiger partial charge is 0.382 e. The van der Waals surface area contributed by atoms with Gasteiger partial charge < -0.3 is 16.6 Å². The number of nitrogens with two attached hydrogens (primary N) is 2. The van der Waals surface area contributed by atoms with Crippen molar-refractivity contribution < 1.29 is 0 Å². The van der Waals surface area contributed by atoms with Crippen LogP contribution >= 0.6 is 0 Å². The Kier molecular flexibility index (Phi) is 10.3. The predicted octanol–water partition coefficient (Wildman–Crippen LogP) is 6.39. The normalized spacial score (nSPS) is 11.5. The summed E-state index contributed by atoms with van der Waals surface area (Å²) in [5.74, 6) is 6.29. The van der Waals surface area contributed by atoms with Crippen LogP contribution in [0.1, 0.15) is 87.2 Å². The number of unbranched alkanes of at least 4 members (excludes halogenated alkanes) is 1. The zero-order valence-corrected chi connectivity index (χ0v) is 24.0. The Morgan fingerprint density at radius 2 is 1.67 bits per heavy atom. The average Bonchev–Trinajstić information content (AvgIpc) is 3.31. The van der Waals surface area contributed by atoms with E-state index in [9.17, 15) is 4.79 Å². The molecule has 4 aromatic rings. The van der Waals surface area contributed by atoms with E-state index < -0.39 is 0 Å². The number of H-pyrrole nitrogens is 1. The molecule has 0 aliphatic carbocycles. The number of aromatic nitrogens is 3. The Balaban J connectivity index is 0.000000223. The SMILES string of the molecule is CCCCc1cn(-c2c(C(C)C)cccc2C(C)C)c(=O)[nH]1.Cc1ccc(-c2ccccc2/C(N)=N/N)nc1. The fourth-order valence-electron chi connectivity index (χ4n) is 4.52. The van der Waals surface area contributed by atoms with E-state index in [2.05, 4.69) is 67.9 Å². The number of hydrazone groups is 1. The molecule has 0 saturated carbocycles. The molecule has 7 nitrogen and oxygen atoms in total. The van der Waals surface area contributed by atoms with Gasteiger partial charge in [0.25, 0.3) is 0 Å². The monoisotopic (exact) mass is 526 g/mol. The number of para-hydroxylation sites is 1. The van der Waals surface area contributed by atoms with Gasteiger partial charge in [-0.05, 0) is 54.4 Å². The van der Waals surface area contributed by atoms with Crippen LogP contribution in [0, 0.1) is 6.92 Å². The molecule has 4 rings (SSSR count). The number of imidazole rings is 1. The first-order valence-corrected chi connectivity index (χ1v) is 13.7. The van der Waals surface area contributed by atoms with Gasteiger partial charge in [0, 0.05) is 29.2 Å². The van der Waals surface area contributed by atoms with E-state index in [0.717, 1.165) is 53.0 Å². The molecule has 2 aromatic heterocycles. The zero-order chi connectivity index (χ0) is 28.5. The van der Waals surface area contributed by atoms with Gasteiger partial charge in [0.1, 0.15) is 0 Å². The molecule has 5 N–H and O–H groups in total. The highest BCUT2D eigenvalue weighted by atomic mass is 16.1. The molecule has 2 heterocycles. The van der Waals surface area contributed by atoms with E-state index in [1.165, 1.54) is 11.1 Å². The van der Waals surface area contributed by atoms with Crippen LogP contribution in [0.4, 0.5) is 0 Å².